The first-order valence-electron chi connectivity index (χ1n) is 16.4. The number of aryl methyl sites for hydroxylation is 1. The maximum Gasteiger partial charge on any atom is 0.254 e. The van der Waals surface area contributed by atoms with Crippen molar-refractivity contribution in [3.63, 3.8) is 0 Å². The maximum absolute atomic E-state index is 14.6. The van der Waals surface area contributed by atoms with Crippen molar-refractivity contribution in [2.24, 2.45) is 0 Å². The van der Waals surface area contributed by atoms with E-state index in [1.807, 2.05) is 17.9 Å². The summed E-state index contributed by atoms with van der Waals surface area (Å²) in [6.45, 7) is 5.26. The summed E-state index contributed by atoms with van der Waals surface area (Å²) in [6, 6.07) is 7.44. The molecule has 1 aromatic heterocycles. The van der Waals surface area contributed by atoms with E-state index >= 15 is 0 Å². The molecule has 0 spiro atoms. The number of nitrogens with one attached hydrogen (secondary N) is 2. The molecular formula is C33H42N6O5S. The van der Waals surface area contributed by atoms with Crippen LogP contribution in [0, 0.1) is 6.92 Å². The number of carbonyl (C=O) groups is 4. The van der Waals surface area contributed by atoms with Gasteiger partial charge in [0, 0.05) is 73.9 Å². The van der Waals surface area contributed by atoms with E-state index in [0.717, 1.165) is 41.3 Å². The first kappa shape index (κ1) is 30.3. The van der Waals surface area contributed by atoms with Gasteiger partial charge in [-0.05, 0) is 57.6 Å². The highest BCUT2D eigenvalue weighted by Crippen LogP contribution is 2.35. The fraction of sp³-hybridized carbons (Fsp3) is 0.606. The third kappa shape index (κ3) is 6.24. The van der Waals surface area contributed by atoms with E-state index < -0.39 is 12.1 Å². The number of amides is 4. The summed E-state index contributed by atoms with van der Waals surface area (Å²) < 4.78 is 5.55. The molecule has 4 amide bonds. The van der Waals surface area contributed by atoms with Gasteiger partial charge in [0.1, 0.15) is 12.1 Å². The summed E-state index contributed by atoms with van der Waals surface area (Å²) in [5.41, 5.74) is 1.27. The number of hydrogen-bond acceptors (Lipinski definition) is 8. The van der Waals surface area contributed by atoms with Crippen molar-refractivity contribution in [2.75, 3.05) is 39.4 Å². The fourth-order valence-corrected chi connectivity index (χ4v) is 8.85. The summed E-state index contributed by atoms with van der Waals surface area (Å²) >= 11 is 1.65. The molecule has 0 unspecified atom stereocenters. The van der Waals surface area contributed by atoms with Gasteiger partial charge in [-0.15, -0.1) is 11.3 Å². The van der Waals surface area contributed by atoms with Gasteiger partial charge in [0.05, 0.1) is 17.1 Å². The minimum absolute atomic E-state index is 0.0119. The Balaban J connectivity index is 1.21. The van der Waals surface area contributed by atoms with Gasteiger partial charge in [-0.25, -0.2) is 4.98 Å². The molecule has 6 aliphatic rings. The van der Waals surface area contributed by atoms with Gasteiger partial charge >= 0.3 is 0 Å². The zero-order valence-electron chi connectivity index (χ0n) is 25.8. The SMILES string of the molecule is Cc1sc2nc1CC(=O)N[C@H]1C[C@@H](C(=O)N3C[C@@H](NC4CCOCC4)C[C@H]3C(=O)N3CCC2CC3)N(C(=O)c2ccccc2)C1. The summed E-state index contributed by atoms with van der Waals surface area (Å²) in [7, 11) is 0. The zero-order chi connectivity index (χ0) is 31.1. The molecule has 2 aromatic rings. The van der Waals surface area contributed by atoms with Crippen LogP contribution in [0.1, 0.15) is 70.4 Å². The van der Waals surface area contributed by atoms with Crippen LogP contribution in [0.3, 0.4) is 0 Å². The first-order chi connectivity index (χ1) is 21.8. The van der Waals surface area contributed by atoms with Gasteiger partial charge in [0.2, 0.25) is 17.7 Å². The lowest BCUT2D eigenvalue weighted by Crippen LogP contribution is -2.54. The molecule has 7 heterocycles. The maximum atomic E-state index is 14.6. The molecular weight excluding hydrogens is 592 g/mol. The fourth-order valence-electron chi connectivity index (χ4n) is 7.75. The van der Waals surface area contributed by atoms with Crippen molar-refractivity contribution in [1.29, 1.82) is 0 Å². The van der Waals surface area contributed by atoms with Crippen molar-refractivity contribution in [1.82, 2.24) is 30.3 Å². The normalized spacial score (nSPS) is 29.6. The second-order valence-electron chi connectivity index (χ2n) is 13.2. The Morgan fingerprint density at radius 3 is 2.47 bits per heavy atom. The number of carbonyl (C=O) groups excluding carboxylic acids is 4. The average molecular weight is 635 g/mol. The molecule has 0 radical (unpaired) electrons. The van der Waals surface area contributed by atoms with Gasteiger partial charge < -0.3 is 30.1 Å². The number of thiazole rings is 1. The predicted molar refractivity (Wildman–Crippen MR) is 168 cm³/mol. The third-order valence-corrected chi connectivity index (χ3v) is 11.4. The number of piperidine rings is 1. The molecule has 6 bridgehead atoms. The number of likely N-dealkylation sites (tertiary alicyclic amines) is 1. The molecule has 1 aromatic carbocycles. The summed E-state index contributed by atoms with van der Waals surface area (Å²) in [5, 5.41) is 7.87. The molecule has 45 heavy (non-hydrogen) atoms. The van der Waals surface area contributed by atoms with Crippen LogP contribution < -0.4 is 10.6 Å². The van der Waals surface area contributed by atoms with Gasteiger partial charge in [-0.2, -0.15) is 0 Å². The highest BCUT2D eigenvalue weighted by Gasteiger charge is 2.48. The van der Waals surface area contributed by atoms with Gasteiger partial charge in [0.25, 0.3) is 5.91 Å². The molecule has 4 atom stereocenters. The van der Waals surface area contributed by atoms with Crippen molar-refractivity contribution in [2.45, 2.75) is 88.0 Å². The Morgan fingerprint density at radius 2 is 1.71 bits per heavy atom. The van der Waals surface area contributed by atoms with E-state index in [2.05, 4.69) is 10.6 Å². The van der Waals surface area contributed by atoms with Crippen LogP contribution in [0.4, 0.5) is 0 Å². The number of rotatable bonds is 3. The second-order valence-corrected chi connectivity index (χ2v) is 14.4. The second kappa shape index (κ2) is 12.8. The van der Waals surface area contributed by atoms with Crippen molar-refractivity contribution in [3.05, 3.63) is 51.5 Å². The van der Waals surface area contributed by atoms with Crippen molar-refractivity contribution >= 4 is 35.0 Å². The van der Waals surface area contributed by atoms with Crippen LogP contribution in [0.15, 0.2) is 30.3 Å². The summed E-state index contributed by atoms with van der Waals surface area (Å²) in [6.07, 6.45) is 4.41. The standard InChI is InChI=1S/C33H42N6O5S/c1-20-26-17-29(40)35-25-16-28(38(19-25)31(41)22-5-3-2-4-6-22)33(43)39-18-24(34-23-9-13-44-14-10-23)15-27(39)32(42)37-11-7-21(8-12-37)30(36-26)45-20/h2-6,21,23-25,27-28,34H,7-19H2,1H3,(H,35,40)/t24-,25-,27-,28-/m0/s1. The lowest BCUT2D eigenvalue weighted by atomic mass is 9.96. The molecule has 4 fully saturated rings. The minimum atomic E-state index is -0.783. The molecule has 4 saturated heterocycles. The Hall–Kier alpha value is -3.35. The van der Waals surface area contributed by atoms with Crippen molar-refractivity contribution in [3.8, 4) is 0 Å². The molecule has 8 rings (SSSR count). The monoisotopic (exact) mass is 634 g/mol. The van der Waals surface area contributed by atoms with Crippen LogP contribution in [0.5, 0.6) is 0 Å². The van der Waals surface area contributed by atoms with E-state index in [9.17, 15) is 19.2 Å². The topological polar surface area (TPSA) is 124 Å². The Bertz CT molecular complexity index is 1440. The van der Waals surface area contributed by atoms with Crippen LogP contribution >= 0.6 is 11.3 Å². The molecule has 12 heteroatoms. The first-order valence-corrected chi connectivity index (χ1v) is 17.2. The van der Waals surface area contributed by atoms with E-state index in [0.29, 0.717) is 51.3 Å². The molecule has 0 aliphatic carbocycles. The largest absolute Gasteiger partial charge is 0.381 e. The Morgan fingerprint density at radius 1 is 0.956 bits per heavy atom. The van der Waals surface area contributed by atoms with Crippen LogP contribution in [-0.2, 0) is 25.5 Å². The average Bonchev–Trinajstić information content (AvgIpc) is 3.78. The predicted octanol–water partition coefficient (Wildman–Crippen LogP) is 1.85. The number of ether oxygens (including phenoxy) is 1. The quantitative estimate of drug-likeness (QED) is 0.528. The Labute approximate surface area is 267 Å². The highest BCUT2D eigenvalue weighted by atomic mass is 32.1. The number of benzene rings is 1. The lowest BCUT2D eigenvalue weighted by Gasteiger charge is -2.36. The van der Waals surface area contributed by atoms with Crippen LogP contribution in [-0.4, -0.2) is 113 Å². The van der Waals surface area contributed by atoms with Gasteiger partial charge in [-0.1, -0.05) is 18.2 Å². The van der Waals surface area contributed by atoms with Crippen LogP contribution in [0.2, 0.25) is 0 Å². The minimum Gasteiger partial charge on any atom is -0.381 e. The smallest absolute Gasteiger partial charge is 0.254 e. The summed E-state index contributed by atoms with van der Waals surface area (Å²) in [4.78, 5) is 67.1. The van der Waals surface area contributed by atoms with E-state index in [1.54, 1.807) is 45.4 Å². The Kier molecular flexibility index (Phi) is 8.62. The number of fused-ring (bicyclic) bond motifs is 4. The zero-order valence-corrected chi connectivity index (χ0v) is 26.6. The summed E-state index contributed by atoms with van der Waals surface area (Å²) in [5.74, 6) is -0.384. The number of aromatic nitrogens is 1. The number of hydrogen-bond donors (Lipinski definition) is 2. The molecule has 11 nitrogen and oxygen atoms in total. The van der Waals surface area contributed by atoms with E-state index in [-0.39, 0.29) is 60.6 Å². The van der Waals surface area contributed by atoms with E-state index in [4.69, 9.17) is 9.72 Å². The molecule has 240 valence electrons. The number of nitrogens with zero attached hydrogens (tertiary/aromatic N) is 4. The third-order valence-electron chi connectivity index (χ3n) is 10.2. The van der Waals surface area contributed by atoms with Crippen LogP contribution in [0.25, 0.3) is 0 Å². The van der Waals surface area contributed by atoms with Gasteiger partial charge in [0.15, 0.2) is 0 Å². The lowest BCUT2D eigenvalue weighted by molar-refractivity contribution is -0.146. The molecule has 0 saturated carbocycles. The highest BCUT2D eigenvalue weighted by molar-refractivity contribution is 7.11. The molecule has 6 aliphatic heterocycles. The van der Waals surface area contributed by atoms with E-state index in [1.165, 1.54) is 0 Å². The van der Waals surface area contributed by atoms with Crippen molar-refractivity contribution < 1.29 is 23.9 Å². The van der Waals surface area contributed by atoms with Gasteiger partial charge in [-0.3, -0.25) is 19.2 Å². The molecule has 2 N–H and O–H groups in total.